The van der Waals surface area contributed by atoms with Gasteiger partial charge in [0.2, 0.25) is 20.0 Å². The van der Waals surface area contributed by atoms with Crippen LogP contribution in [0.5, 0.6) is 0 Å². The molecule has 0 amide bonds. The van der Waals surface area contributed by atoms with E-state index >= 15 is 0 Å². The van der Waals surface area contributed by atoms with Gasteiger partial charge in [0.25, 0.3) is 0 Å². The molecule has 0 radical (unpaired) electrons. The number of terminal acetylenes is 1. The van der Waals surface area contributed by atoms with Crippen molar-refractivity contribution in [1.82, 2.24) is 4.72 Å². The van der Waals surface area contributed by atoms with Crippen molar-refractivity contribution in [3.05, 3.63) is 24.0 Å². The quantitative estimate of drug-likeness (QED) is 0.561. The average molecular weight is 334 g/mol. The monoisotopic (exact) mass is 334 g/mol. The number of hydrogen-bond donors (Lipinski definition) is 2. The van der Waals surface area contributed by atoms with Gasteiger partial charge in [0.1, 0.15) is 10.7 Å². The van der Waals surface area contributed by atoms with E-state index in [0.29, 0.717) is 25.3 Å². The molecular formula is C12H15FN2O4S2. The van der Waals surface area contributed by atoms with Crippen LogP contribution in [0.4, 0.5) is 4.39 Å². The minimum atomic E-state index is -4.09. The van der Waals surface area contributed by atoms with Crippen molar-refractivity contribution >= 4 is 20.0 Å². The Balaban J connectivity index is 2.87. The topological polar surface area (TPSA) is 106 Å². The van der Waals surface area contributed by atoms with E-state index in [2.05, 4.69) is 10.6 Å². The van der Waals surface area contributed by atoms with Gasteiger partial charge >= 0.3 is 0 Å². The smallest absolute Gasteiger partial charge is 0.225 e. The van der Waals surface area contributed by atoms with Crippen molar-refractivity contribution in [2.45, 2.75) is 29.1 Å². The molecule has 0 fully saturated rings. The zero-order chi connectivity index (χ0) is 16.1. The van der Waals surface area contributed by atoms with E-state index in [0.717, 1.165) is 12.1 Å². The van der Waals surface area contributed by atoms with Crippen molar-refractivity contribution in [1.29, 1.82) is 0 Å². The summed E-state index contributed by atoms with van der Waals surface area (Å²) in [7, 11) is -8.14. The van der Waals surface area contributed by atoms with Gasteiger partial charge in [-0.2, -0.15) is 0 Å². The fraction of sp³-hybridized carbons (Fsp3) is 0.333. The first-order chi connectivity index (χ1) is 9.68. The largest absolute Gasteiger partial charge is 0.243 e. The van der Waals surface area contributed by atoms with Crippen molar-refractivity contribution in [2.75, 3.05) is 6.54 Å². The number of nitrogens with one attached hydrogen (secondary N) is 1. The molecule has 6 nitrogen and oxygen atoms in total. The van der Waals surface area contributed by atoms with Gasteiger partial charge < -0.3 is 0 Å². The van der Waals surface area contributed by atoms with E-state index in [1.807, 2.05) is 0 Å². The van der Waals surface area contributed by atoms with Gasteiger partial charge in [0.15, 0.2) is 0 Å². The summed E-state index contributed by atoms with van der Waals surface area (Å²) < 4.78 is 61.8. The zero-order valence-corrected chi connectivity index (χ0v) is 12.7. The van der Waals surface area contributed by atoms with Gasteiger partial charge in [-0.05, 0) is 31.0 Å². The highest BCUT2D eigenvalue weighted by Gasteiger charge is 2.20. The lowest BCUT2D eigenvalue weighted by atomic mass is 10.2. The molecular weight excluding hydrogens is 319 g/mol. The predicted molar refractivity (Wildman–Crippen MR) is 75.6 cm³/mol. The molecule has 0 aromatic heterocycles. The number of hydrogen-bond acceptors (Lipinski definition) is 4. The first-order valence-electron chi connectivity index (χ1n) is 5.94. The van der Waals surface area contributed by atoms with E-state index in [1.54, 1.807) is 0 Å². The van der Waals surface area contributed by atoms with Gasteiger partial charge in [-0.15, -0.1) is 12.3 Å². The second-order valence-corrected chi connectivity index (χ2v) is 7.49. The molecule has 0 aliphatic carbocycles. The summed E-state index contributed by atoms with van der Waals surface area (Å²) in [6.07, 6.45) is 6.74. The Morgan fingerprint density at radius 1 is 1.24 bits per heavy atom. The van der Waals surface area contributed by atoms with E-state index in [-0.39, 0.29) is 6.54 Å². The highest BCUT2D eigenvalue weighted by molar-refractivity contribution is 7.89. The maximum atomic E-state index is 13.7. The molecule has 1 rings (SSSR count). The molecule has 0 spiro atoms. The van der Waals surface area contributed by atoms with Crippen LogP contribution in [-0.4, -0.2) is 23.4 Å². The van der Waals surface area contributed by atoms with Gasteiger partial charge in [-0.1, -0.05) is 0 Å². The molecule has 1 aromatic carbocycles. The third-order valence-corrected chi connectivity index (χ3v) is 4.97. The molecule has 0 unspecified atom stereocenters. The third-order valence-electron chi connectivity index (χ3n) is 2.56. The molecule has 0 saturated heterocycles. The van der Waals surface area contributed by atoms with E-state index in [4.69, 9.17) is 11.6 Å². The number of halogens is 1. The summed E-state index contributed by atoms with van der Waals surface area (Å²) in [5.74, 6) is 1.24. The molecule has 0 saturated carbocycles. The van der Waals surface area contributed by atoms with E-state index < -0.39 is 35.7 Å². The first kappa shape index (κ1) is 17.6. The Kier molecular flexibility index (Phi) is 5.86. The lowest BCUT2D eigenvalue weighted by Crippen LogP contribution is -2.26. The summed E-state index contributed by atoms with van der Waals surface area (Å²) in [6.45, 7) is 0.112. The van der Waals surface area contributed by atoms with Gasteiger partial charge in [-0.25, -0.2) is 31.1 Å². The molecule has 3 N–H and O–H groups in total. The van der Waals surface area contributed by atoms with Gasteiger partial charge in [-0.3, -0.25) is 0 Å². The predicted octanol–water partition coefficient (Wildman–Crippen LogP) is 0.555. The lowest BCUT2D eigenvalue weighted by molar-refractivity contribution is 0.550. The minimum absolute atomic E-state index is 0.112. The summed E-state index contributed by atoms with van der Waals surface area (Å²) in [6, 6.07) is 2.37. The van der Waals surface area contributed by atoms with Gasteiger partial charge in [0, 0.05) is 13.0 Å². The molecule has 21 heavy (non-hydrogen) atoms. The molecule has 0 aliphatic rings. The highest BCUT2D eigenvalue weighted by atomic mass is 32.2. The summed E-state index contributed by atoms with van der Waals surface area (Å²) in [5, 5.41) is 4.84. The summed E-state index contributed by atoms with van der Waals surface area (Å²) in [5.41, 5.74) is 0. The van der Waals surface area contributed by atoms with Crippen molar-refractivity contribution in [3.8, 4) is 12.3 Å². The zero-order valence-electron chi connectivity index (χ0n) is 11.0. The van der Waals surface area contributed by atoms with Crippen LogP contribution in [0.3, 0.4) is 0 Å². The summed E-state index contributed by atoms with van der Waals surface area (Å²) >= 11 is 0. The highest BCUT2D eigenvalue weighted by Crippen LogP contribution is 2.18. The maximum absolute atomic E-state index is 13.7. The van der Waals surface area contributed by atoms with Crippen LogP contribution in [0.15, 0.2) is 28.0 Å². The standard InChI is InChI=1S/C12H15FN2O4S2/c1-2-3-4-5-8-15-21(18,19)12-7-6-10(9-11(12)13)20(14,16)17/h1,6-7,9,15H,3-5,8H2,(H2,14,16,17). The number of rotatable bonds is 7. The number of benzene rings is 1. The maximum Gasteiger partial charge on any atom is 0.243 e. The van der Waals surface area contributed by atoms with Gasteiger partial charge in [0.05, 0.1) is 4.90 Å². The normalized spacial score (nSPS) is 12.0. The Morgan fingerprint density at radius 3 is 2.43 bits per heavy atom. The van der Waals surface area contributed by atoms with Crippen LogP contribution in [0.25, 0.3) is 0 Å². The molecule has 9 heteroatoms. The Hall–Kier alpha value is -1.47. The fourth-order valence-electron chi connectivity index (χ4n) is 1.51. The Morgan fingerprint density at radius 2 is 1.90 bits per heavy atom. The second kappa shape index (κ2) is 7.00. The van der Waals surface area contributed by atoms with Crippen molar-refractivity contribution in [2.24, 2.45) is 5.14 Å². The Bertz CT molecular complexity index is 752. The third kappa shape index (κ3) is 5.09. The molecule has 0 aliphatic heterocycles. The Labute approximate surface area is 123 Å². The van der Waals surface area contributed by atoms with Crippen LogP contribution in [0, 0.1) is 18.2 Å². The fourth-order valence-corrected chi connectivity index (χ4v) is 3.17. The van der Waals surface area contributed by atoms with Crippen LogP contribution < -0.4 is 9.86 Å². The molecule has 0 atom stereocenters. The van der Waals surface area contributed by atoms with Crippen LogP contribution in [-0.2, 0) is 20.0 Å². The molecule has 0 heterocycles. The van der Waals surface area contributed by atoms with E-state index in [9.17, 15) is 21.2 Å². The average Bonchev–Trinajstić information content (AvgIpc) is 2.37. The molecule has 0 bridgehead atoms. The number of primary sulfonamides is 1. The lowest BCUT2D eigenvalue weighted by Gasteiger charge is -2.08. The SMILES string of the molecule is C#CCCCCNS(=O)(=O)c1ccc(S(N)(=O)=O)cc1F. The number of nitrogens with two attached hydrogens (primary N) is 1. The first-order valence-corrected chi connectivity index (χ1v) is 8.97. The number of sulfonamides is 2. The minimum Gasteiger partial charge on any atom is -0.225 e. The molecule has 1 aromatic rings. The van der Waals surface area contributed by atoms with Crippen LogP contribution in [0.2, 0.25) is 0 Å². The molecule has 116 valence electrons. The number of unbranched alkanes of at least 4 members (excludes halogenated alkanes) is 2. The summed E-state index contributed by atoms with van der Waals surface area (Å²) in [4.78, 5) is -1.13. The van der Waals surface area contributed by atoms with Crippen LogP contribution in [0.1, 0.15) is 19.3 Å². The van der Waals surface area contributed by atoms with Crippen LogP contribution >= 0.6 is 0 Å². The van der Waals surface area contributed by atoms with E-state index in [1.165, 1.54) is 0 Å². The van der Waals surface area contributed by atoms with Crippen molar-refractivity contribution in [3.63, 3.8) is 0 Å². The van der Waals surface area contributed by atoms with Crippen molar-refractivity contribution < 1.29 is 21.2 Å². The second-order valence-electron chi connectivity index (χ2n) is 4.20.